The molecule has 1 unspecified atom stereocenters. The van der Waals surface area contributed by atoms with E-state index < -0.39 is 0 Å². The molecule has 0 radical (unpaired) electrons. The lowest BCUT2D eigenvalue weighted by molar-refractivity contribution is 0.0737. The van der Waals surface area contributed by atoms with Gasteiger partial charge in [0.05, 0.1) is 24.9 Å². The minimum absolute atomic E-state index is 0.147. The lowest BCUT2D eigenvalue weighted by Gasteiger charge is -2.22. The van der Waals surface area contributed by atoms with E-state index >= 15 is 0 Å². The van der Waals surface area contributed by atoms with Crippen LogP contribution in [-0.4, -0.2) is 39.9 Å². The lowest BCUT2D eigenvalue weighted by Crippen LogP contribution is -2.29. The summed E-state index contributed by atoms with van der Waals surface area (Å²) in [7, 11) is 3.32. The zero-order chi connectivity index (χ0) is 17.1. The Kier molecular flexibility index (Phi) is 4.33. The van der Waals surface area contributed by atoms with Crippen molar-refractivity contribution in [3.8, 4) is 11.4 Å². The van der Waals surface area contributed by atoms with Crippen molar-refractivity contribution in [2.24, 2.45) is 0 Å². The number of rotatable bonds is 5. The average molecular weight is 326 g/mol. The Labute approximate surface area is 139 Å². The van der Waals surface area contributed by atoms with Crippen LogP contribution in [0.5, 0.6) is 5.75 Å². The van der Waals surface area contributed by atoms with E-state index in [9.17, 15) is 4.79 Å². The number of amides is 1. The Morgan fingerprint density at radius 3 is 2.83 bits per heavy atom. The van der Waals surface area contributed by atoms with Crippen LogP contribution in [0.25, 0.3) is 5.69 Å². The molecule has 1 amide bonds. The first-order chi connectivity index (χ1) is 11.6. The van der Waals surface area contributed by atoms with Gasteiger partial charge >= 0.3 is 0 Å². The maximum absolute atomic E-state index is 12.7. The normalized spacial score (nSPS) is 12.0. The molecule has 0 N–H and O–H groups in total. The monoisotopic (exact) mass is 326 g/mol. The summed E-state index contributed by atoms with van der Waals surface area (Å²) in [4.78, 5) is 14.3. The molecule has 24 heavy (non-hydrogen) atoms. The summed E-state index contributed by atoms with van der Waals surface area (Å²) in [5, 5.41) is 8.16. The summed E-state index contributed by atoms with van der Waals surface area (Å²) in [6.45, 7) is 1.89. The van der Waals surface area contributed by atoms with Crippen molar-refractivity contribution in [2.75, 3.05) is 14.2 Å². The number of para-hydroxylation sites is 2. The molecule has 124 valence electrons. The Bertz CT molecular complexity index is 826. The van der Waals surface area contributed by atoms with E-state index in [2.05, 4.69) is 10.3 Å². The van der Waals surface area contributed by atoms with Gasteiger partial charge < -0.3 is 14.2 Å². The molecule has 0 aliphatic rings. The number of ether oxygens (including phenoxy) is 1. The van der Waals surface area contributed by atoms with Gasteiger partial charge in [-0.1, -0.05) is 17.3 Å². The molecule has 1 atom stereocenters. The van der Waals surface area contributed by atoms with Crippen LogP contribution in [-0.2, 0) is 0 Å². The zero-order valence-electron chi connectivity index (χ0n) is 13.7. The predicted molar refractivity (Wildman–Crippen MR) is 87.1 cm³/mol. The number of nitrogens with zero attached hydrogens (tertiary/aromatic N) is 4. The molecule has 3 rings (SSSR count). The number of carbonyl (C=O) groups is 1. The molecular weight excluding hydrogens is 308 g/mol. The van der Waals surface area contributed by atoms with Crippen LogP contribution in [0.3, 0.4) is 0 Å². The Morgan fingerprint density at radius 1 is 1.33 bits per heavy atom. The molecule has 0 saturated heterocycles. The fourth-order valence-electron chi connectivity index (χ4n) is 2.40. The molecule has 7 nitrogen and oxygen atoms in total. The van der Waals surface area contributed by atoms with Crippen LogP contribution in [0, 0.1) is 0 Å². The molecule has 2 heterocycles. The summed E-state index contributed by atoms with van der Waals surface area (Å²) in [5.41, 5.74) is 1.95. The second-order valence-corrected chi connectivity index (χ2v) is 5.36. The van der Waals surface area contributed by atoms with Crippen molar-refractivity contribution in [2.45, 2.75) is 13.0 Å². The van der Waals surface area contributed by atoms with E-state index in [1.807, 2.05) is 31.2 Å². The van der Waals surface area contributed by atoms with Crippen LogP contribution < -0.4 is 4.74 Å². The van der Waals surface area contributed by atoms with E-state index in [-0.39, 0.29) is 11.9 Å². The quantitative estimate of drug-likeness (QED) is 0.721. The largest absolute Gasteiger partial charge is 0.494 e. The van der Waals surface area contributed by atoms with Crippen molar-refractivity contribution in [1.82, 2.24) is 19.8 Å². The highest BCUT2D eigenvalue weighted by atomic mass is 16.5. The van der Waals surface area contributed by atoms with Gasteiger partial charge in [-0.2, -0.15) is 5.10 Å². The summed E-state index contributed by atoms with van der Waals surface area (Å²) in [5.74, 6) is 0.538. The molecule has 0 saturated carbocycles. The smallest absolute Gasteiger partial charge is 0.257 e. The molecular formula is C17H18N4O3. The number of benzene rings is 1. The summed E-state index contributed by atoms with van der Waals surface area (Å²) in [6.07, 6.45) is 4.72. The minimum Gasteiger partial charge on any atom is -0.494 e. The predicted octanol–water partition coefficient (Wildman–Crippen LogP) is 2.70. The highest BCUT2D eigenvalue weighted by molar-refractivity contribution is 5.93. The van der Waals surface area contributed by atoms with Crippen LogP contribution >= 0.6 is 0 Å². The Balaban J connectivity index is 1.83. The molecule has 2 aromatic heterocycles. The first kappa shape index (κ1) is 15.8. The van der Waals surface area contributed by atoms with Gasteiger partial charge in [0.15, 0.2) is 0 Å². The maximum atomic E-state index is 12.7. The van der Waals surface area contributed by atoms with Gasteiger partial charge in [-0.15, -0.1) is 0 Å². The van der Waals surface area contributed by atoms with E-state index in [1.54, 1.807) is 42.2 Å². The second-order valence-electron chi connectivity index (χ2n) is 5.36. The van der Waals surface area contributed by atoms with E-state index in [0.717, 1.165) is 5.69 Å². The van der Waals surface area contributed by atoms with Gasteiger partial charge in [0.2, 0.25) is 0 Å². The van der Waals surface area contributed by atoms with Crippen LogP contribution in [0.2, 0.25) is 0 Å². The van der Waals surface area contributed by atoms with Crippen molar-refractivity contribution in [3.05, 3.63) is 60.2 Å². The van der Waals surface area contributed by atoms with Gasteiger partial charge in [0.1, 0.15) is 23.4 Å². The van der Waals surface area contributed by atoms with Gasteiger partial charge in [-0.3, -0.25) is 4.79 Å². The third-order valence-corrected chi connectivity index (χ3v) is 3.95. The fraction of sp³-hybridized carbons (Fsp3) is 0.235. The standard InChI is InChI=1S/C17H18N4O3/c1-12(14-8-9-24-19-14)20(2)17(22)13-10-18-21(11-13)15-6-4-5-7-16(15)23-3/h4-12H,1-3H3. The molecule has 0 aliphatic heterocycles. The van der Waals surface area contributed by atoms with Crippen molar-refractivity contribution >= 4 is 5.91 Å². The fourth-order valence-corrected chi connectivity index (χ4v) is 2.40. The van der Waals surface area contributed by atoms with Crippen molar-refractivity contribution < 1.29 is 14.1 Å². The second kappa shape index (κ2) is 6.57. The molecule has 0 spiro atoms. The van der Waals surface area contributed by atoms with E-state index in [4.69, 9.17) is 9.26 Å². The number of aromatic nitrogens is 3. The summed E-state index contributed by atoms with van der Waals surface area (Å²) in [6, 6.07) is 9.03. The Hall–Kier alpha value is -3.09. The molecule has 7 heteroatoms. The first-order valence-corrected chi connectivity index (χ1v) is 7.47. The molecule has 3 aromatic rings. The van der Waals surface area contributed by atoms with Gasteiger partial charge in [-0.05, 0) is 19.1 Å². The minimum atomic E-state index is -0.203. The number of hydrogen-bond acceptors (Lipinski definition) is 5. The third-order valence-electron chi connectivity index (χ3n) is 3.95. The zero-order valence-corrected chi connectivity index (χ0v) is 13.7. The highest BCUT2D eigenvalue weighted by Crippen LogP contribution is 2.23. The van der Waals surface area contributed by atoms with E-state index in [0.29, 0.717) is 17.0 Å². The molecule has 1 aromatic carbocycles. The van der Waals surface area contributed by atoms with Crippen LogP contribution in [0.4, 0.5) is 0 Å². The van der Waals surface area contributed by atoms with Gasteiger partial charge in [-0.25, -0.2) is 4.68 Å². The third kappa shape index (κ3) is 2.88. The molecule has 0 aliphatic carbocycles. The number of hydrogen-bond donors (Lipinski definition) is 0. The first-order valence-electron chi connectivity index (χ1n) is 7.47. The van der Waals surface area contributed by atoms with E-state index in [1.165, 1.54) is 6.26 Å². The number of carbonyl (C=O) groups excluding carboxylic acids is 1. The molecule has 0 fully saturated rings. The highest BCUT2D eigenvalue weighted by Gasteiger charge is 2.22. The summed E-state index contributed by atoms with van der Waals surface area (Å²) >= 11 is 0. The SMILES string of the molecule is COc1ccccc1-n1cc(C(=O)N(C)C(C)c2ccon2)cn1. The van der Waals surface area contributed by atoms with Crippen molar-refractivity contribution in [1.29, 1.82) is 0 Å². The average Bonchev–Trinajstić information content (AvgIpc) is 3.31. The molecule has 0 bridgehead atoms. The lowest BCUT2D eigenvalue weighted by atomic mass is 10.2. The van der Waals surface area contributed by atoms with Gasteiger partial charge in [0.25, 0.3) is 5.91 Å². The maximum Gasteiger partial charge on any atom is 0.257 e. The summed E-state index contributed by atoms with van der Waals surface area (Å²) < 4.78 is 11.8. The van der Waals surface area contributed by atoms with Gasteiger partial charge in [0, 0.05) is 19.3 Å². The Morgan fingerprint density at radius 2 is 2.12 bits per heavy atom. The topological polar surface area (TPSA) is 73.4 Å². The van der Waals surface area contributed by atoms with Crippen LogP contribution in [0.1, 0.15) is 29.0 Å². The van der Waals surface area contributed by atoms with Crippen molar-refractivity contribution in [3.63, 3.8) is 0 Å². The van der Waals surface area contributed by atoms with Crippen LogP contribution in [0.15, 0.2) is 53.5 Å². The number of methoxy groups -OCH3 is 1.